The molecule has 1 saturated carbocycles. The van der Waals surface area contributed by atoms with Crippen molar-refractivity contribution in [3.05, 3.63) is 35.4 Å². The van der Waals surface area contributed by atoms with Crippen LogP contribution in [-0.4, -0.2) is 17.3 Å². The van der Waals surface area contributed by atoms with Crippen LogP contribution in [0.2, 0.25) is 0 Å². The largest absolute Gasteiger partial charge is 0.394 e. The fourth-order valence-corrected chi connectivity index (χ4v) is 1.49. The topological polar surface area (TPSA) is 32.3 Å². The molecule has 0 spiro atoms. The van der Waals surface area contributed by atoms with Crippen molar-refractivity contribution in [2.24, 2.45) is 0 Å². The first kappa shape index (κ1) is 10.5. The smallest absolute Gasteiger partial charge is 0.130 e. The third-order valence-corrected chi connectivity index (χ3v) is 2.83. The second-order valence-electron chi connectivity index (χ2n) is 4.03. The Kier molecular flexibility index (Phi) is 2.71. The van der Waals surface area contributed by atoms with E-state index in [1.165, 1.54) is 12.1 Å². The first-order chi connectivity index (χ1) is 7.15. The summed E-state index contributed by atoms with van der Waals surface area (Å²) in [5.74, 6) is -1.12. The van der Waals surface area contributed by atoms with E-state index in [0.717, 1.165) is 18.9 Å². The highest BCUT2D eigenvalue weighted by atomic mass is 19.1. The number of benzene rings is 1. The molecule has 0 unspecified atom stereocenters. The standard InChI is InChI=1S/C11H13F2NO/c12-9-2-1-8(10(13)5-9)6-14-11(7-15)3-4-11/h1-2,5,14-15H,3-4,6-7H2. The summed E-state index contributed by atoms with van der Waals surface area (Å²) in [6, 6.07) is 3.53. The molecule has 4 heteroatoms. The van der Waals surface area contributed by atoms with E-state index in [-0.39, 0.29) is 12.1 Å². The Balaban J connectivity index is 1.99. The molecular formula is C11H13F2NO. The van der Waals surface area contributed by atoms with E-state index in [9.17, 15) is 8.78 Å². The lowest BCUT2D eigenvalue weighted by Gasteiger charge is -2.14. The minimum Gasteiger partial charge on any atom is -0.394 e. The van der Waals surface area contributed by atoms with E-state index >= 15 is 0 Å². The first-order valence-electron chi connectivity index (χ1n) is 4.95. The lowest BCUT2D eigenvalue weighted by atomic mass is 10.2. The third kappa shape index (κ3) is 2.33. The van der Waals surface area contributed by atoms with Crippen LogP contribution < -0.4 is 5.32 Å². The predicted molar refractivity (Wildman–Crippen MR) is 52.2 cm³/mol. The number of rotatable bonds is 4. The van der Waals surface area contributed by atoms with E-state index in [1.807, 2.05) is 0 Å². The highest BCUT2D eigenvalue weighted by Crippen LogP contribution is 2.34. The van der Waals surface area contributed by atoms with Crippen LogP contribution in [0, 0.1) is 11.6 Å². The molecule has 15 heavy (non-hydrogen) atoms. The molecule has 1 aliphatic rings. The fourth-order valence-electron chi connectivity index (χ4n) is 1.49. The van der Waals surface area contributed by atoms with Gasteiger partial charge in [-0.15, -0.1) is 0 Å². The first-order valence-corrected chi connectivity index (χ1v) is 4.95. The molecule has 1 aromatic carbocycles. The van der Waals surface area contributed by atoms with Gasteiger partial charge in [0.1, 0.15) is 11.6 Å². The van der Waals surface area contributed by atoms with Gasteiger partial charge in [0.2, 0.25) is 0 Å². The molecule has 0 aliphatic heterocycles. The lowest BCUT2D eigenvalue weighted by molar-refractivity contribution is 0.229. The Bertz CT molecular complexity index is 364. The molecule has 0 atom stereocenters. The SMILES string of the molecule is OCC1(NCc2ccc(F)cc2F)CC1. The number of nitrogens with one attached hydrogen (secondary N) is 1. The summed E-state index contributed by atoms with van der Waals surface area (Å²) in [5, 5.41) is 12.1. The monoisotopic (exact) mass is 213 g/mol. The lowest BCUT2D eigenvalue weighted by Crippen LogP contribution is -2.34. The predicted octanol–water partition coefficient (Wildman–Crippen LogP) is 1.58. The molecule has 1 aliphatic carbocycles. The van der Waals surface area contributed by atoms with Gasteiger partial charge in [-0.05, 0) is 18.9 Å². The third-order valence-electron chi connectivity index (χ3n) is 2.83. The van der Waals surface area contributed by atoms with Gasteiger partial charge in [0.15, 0.2) is 0 Å². The zero-order valence-corrected chi connectivity index (χ0v) is 8.26. The molecule has 2 N–H and O–H groups in total. The Hall–Kier alpha value is -1.00. The van der Waals surface area contributed by atoms with Gasteiger partial charge in [0, 0.05) is 23.7 Å². The van der Waals surface area contributed by atoms with Gasteiger partial charge in [0.05, 0.1) is 6.61 Å². The van der Waals surface area contributed by atoms with Gasteiger partial charge < -0.3 is 10.4 Å². The molecule has 2 rings (SSSR count). The molecule has 2 nitrogen and oxygen atoms in total. The highest BCUT2D eigenvalue weighted by Gasteiger charge is 2.41. The minimum atomic E-state index is -0.570. The molecule has 0 heterocycles. The van der Waals surface area contributed by atoms with Crippen LogP contribution in [0.3, 0.4) is 0 Å². The van der Waals surface area contributed by atoms with Gasteiger partial charge in [-0.3, -0.25) is 0 Å². The van der Waals surface area contributed by atoms with Crippen molar-refractivity contribution >= 4 is 0 Å². The summed E-state index contributed by atoms with van der Waals surface area (Å²) < 4.78 is 25.8. The molecular weight excluding hydrogens is 200 g/mol. The Morgan fingerprint density at radius 2 is 2.07 bits per heavy atom. The molecule has 0 saturated heterocycles. The zero-order chi connectivity index (χ0) is 10.9. The molecule has 0 amide bonds. The van der Waals surface area contributed by atoms with Gasteiger partial charge in [-0.2, -0.15) is 0 Å². The maximum absolute atomic E-state index is 13.2. The fraction of sp³-hybridized carbons (Fsp3) is 0.455. The maximum Gasteiger partial charge on any atom is 0.130 e. The summed E-state index contributed by atoms with van der Waals surface area (Å²) in [6.07, 6.45) is 1.82. The van der Waals surface area contributed by atoms with Gasteiger partial charge in [-0.25, -0.2) is 8.78 Å². The van der Waals surface area contributed by atoms with Crippen molar-refractivity contribution in [3.8, 4) is 0 Å². The second kappa shape index (κ2) is 3.87. The van der Waals surface area contributed by atoms with Gasteiger partial charge in [0.25, 0.3) is 0 Å². The summed E-state index contributed by atoms with van der Waals surface area (Å²) in [4.78, 5) is 0. The molecule has 82 valence electrons. The zero-order valence-electron chi connectivity index (χ0n) is 8.26. The van der Waals surface area contributed by atoms with Crippen LogP contribution in [0.15, 0.2) is 18.2 Å². The number of hydrogen-bond acceptors (Lipinski definition) is 2. The van der Waals surface area contributed by atoms with E-state index < -0.39 is 11.6 Å². The second-order valence-corrected chi connectivity index (χ2v) is 4.03. The van der Waals surface area contributed by atoms with Gasteiger partial charge in [-0.1, -0.05) is 6.07 Å². The van der Waals surface area contributed by atoms with Gasteiger partial charge >= 0.3 is 0 Å². The summed E-state index contributed by atoms with van der Waals surface area (Å²) >= 11 is 0. The minimum absolute atomic E-state index is 0.0653. The van der Waals surface area contributed by atoms with E-state index in [4.69, 9.17) is 5.11 Å². The Morgan fingerprint density at radius 1 is 1.33 bits per heavy atom. The van der Waals surface area contributed by atoms with Crippen LogP contribution in [-0.2, 0) is 6.54 Å². The summed E-state index contributed by atoms with van der Waals surface area (Å²) in [6.45, 7) is 0.391. The number of aliphatic hydroxyl groups is 1. The molecule has 1 fully saturated rings. The highest BCUT2D eigenvalue weighted by molar-refractivity contribution is 5.19. The molecule has 1 aromatic rings. The average molecular weight is 213 g/mol. The van der Waals surface area contributed by atoms with Crippen molar-refractivity contribution < 1.29 is 13.9 Å². The number of halogens is 2. The van der Waals surface area contributed by atoms with E-state index in [1.54, 1.807) is 0 Å². The van der Waals surface area contributed by atoms with Crippen molar-refractivity contribution in [2.75, 3.05) is 6.61 Å². The maximum atomic E-state index is 13.2. The Labute approximate surface area is 86.9 Å². The summed E-state index contributed by atoms with van der Waals surface area (Å²) in [5.41, 5.74) is 0.206. The van der Waals surface area contributed by atoms with Crippen LogP contribution in [0.1, 0.15) is 18.4 Å². The quantitative estimate of drug-likeness (QED) is 0.795. The molecule has 0 bridgehead atoms. The van der Waals surface area contributed by atoms with Crippen LogP contribution in [0.5, 0.6) is 0 Å². The summed E-state index contributed by atoms with van der Waals surface area (Å²) in [7, 11) is 0. The molecule has 0 radical (unpaired) electrons. The van der Waals surface area contributed by atoms with Crippen LogP contribution >= 0.6 is 0 Å². The normalized spacial score (nSPS) is 17.8. The Morgan fingerprint density at radius 3 is 2.60 bits per heavy atom. The average Bonchev–Trinajstić information content (AvgIpc) is 2.97. The van der Waals surface area contributed by atoms with Crippen molar-refractivity contribution in [3.63, 3.8) is 0 Å². The van der Waals surface area contributed by atoms with Crippen LogP contribution in [0.25, 0.3) is 0 Å². The van der Waals surface area contributed by atoms with Crippen molar-refractivity contribution in [2.45, 2.75) is 24.9 Å². The van der Waals surface area contributed by atoms with Crippen molar-refractivity contribution in [1.29, 1.82) is 0 Å². The van der Waals surface area contributed by atoms with Crippen molar-refractivity contribution in [1.82, 2.24) is 5.32 Å². The van der Waals surface area contributed by atoms with E-state index in [0.29, 0.717) is 12.1 Å². The molecule has 0 aromatic heterocycles. The number of aliphatic hydroxyl groups excluding tert-OH is 1. The van der Waals surface area contributed by atoms with E-state index in [2.05, 4.69) is 5.32 Å². The number of hydrogen-bond donors (Lipinski definition) is 2. The van der Waals surface area contributed by atoms with Crippen LogP contribution in [0.4, 0.5) is 8.78 Å².